The molecule has 2 aromatic heterocycles. The summed E-state index contributed by atoms with van der Waals surface area (Å²) in [4.78, 5) is 16.5. The summed E-state index contributed by atoms with van der Waals surface area (Å²) in [6.07, 6.45) is 5.93. The third-order valence-corrected chi connectivity index (χ3v) is 6.44. The predicted molar refractivity (Wildman–Crippen MR) is 132 cm³/mol. The van der Waals surface area contributed by atoms with Crippen LogP contribution >= 0.6 is 0 Å². The lowest BCUT2D eigenvalue weighted by molar-refractivity contribution is -0.121. The average Bonchev–Trinajstić information content (AvgIpc) is 3.21. The molecular weight excluding hydrogens is 433 g/mol. The van der Waals surface area contributed by atoms with Crippen molar-refractivity contribution >= 4 is 22.8 Å². The first-order valence-electron chi connectivity index (χ1n) is 12.0. The number of rotatable bonds is 7. The van der Waals surface area contributed by atoms with Gasteiger partial charge in [-0.25, -0.2) is 9.37 Å². The number of amides is 1. The van der Waals surface area contributed by atoms with Crippen LogP contribution in [0.2, 0.25) is 0 Å². The number of hydrogen-bond donors (Lipinski definition) is 4. The van der Waals surface area contributed by atoms with Gasteiger partial charge >= 0.3 is 0 Å². The molecule has 4 N–H and O–H groups in total. The second-order valence-electron chi connectivity index (χ2n) is 10.4. The van der Waals surface area contributed by atoms with Gasteiger partial charge in [0.05, 0.1) is 11.5 Å². The average molecular weight is 468 g/mol. The molecule has 7 nitrogen and oxygen atoms in total. The summed E-state index contributed by atoms with van der Waals surface area (Å²) in [6.45, 7) is 6.44. The van der Waals surface area contributed by atoms with Crippen LogP contribution in [-0.2, 0) is 11.3 Å². The number of hydrogen-bond acceptors (Lipinski definition) is 5. The number of carbonyl (C=O) groups excluding carboxylic acids is 1. The van der Waals surface area contributed by atoms with Gasteiger partial charge in [0.25, 0.3) is 0 Å². The Labute approximate surface area is 199 Å². The monoisotopic (exact) mass is 467 g/mol. The topological polar surface area (TPSA) is 103 Å². The number of aromatic nitrogens is 3. The van der Waals surface area contributed by atoms with Crippen LogP contribution in [0.4, 0.5) is 10.2 Å². The van der Waals surface area contributed by atoms with Gasteiger partial charge in [-0.1, -0.05) is 32.9 Å². The van der Waals surface area contributed by atoms with Crippen LogP contribution in [0.15, 0.2) is 30.5 Å². The molecule has 1 saturated carbocycles. The van der Waals surface area contributed by atoms with Crippen LogP contribution < -0.4 is 10.6 Å². The molecular formula is C26H34FN5O2. The first-order valence-corrected chi connectivity index (χ1v) is 12.0. The van der Waals surface area contributed by atoms with E-state index in [0.717, 1.165) is 48.6 Å². The Bertz CT molecular complexity index is 1150. The highest BCUT2D eigenvalue weighted by atomic mass is 19.1. The fourth-order valence-electron chi connectivity index (χ4n) is 4.34. The zero-order valence-electron chi connectivity index (χ0n) is 20.1. The Hall–Kier alpha value is -3.00. The molecule has 1 amide bonds. The lowest BCUT2D eigenvalue weighted by Gasteiger charge is -2.26. The summed E-state index contributed by atoms with van der Waals surface area (Å²) in [5, 5.41) is 24.3. The molecule has 3 aromatic rings. The van der Waals surface area contributed by atoms with Gasteiger partial charge in [0.15, 0.2) is 11.5 Å². The molecule has 1 aromatic carbocycles. The zero-order chi connectivity index (χ0) is 24.3. The minimum absolute atomic E-state index is 0.0708. The third kappa shape index (κ3) is 5.91. The van der Waals surface area contributed by atoms with Crippen molar-refractivity contribution in [1.29, 1.82) is 0 Å². The van der Waals surface area contributed by atoms with Gasteiger partial charge in [-0.15, -0.1) is 0 Å². The van der Waals surface area contributed by atoms with E-state index in [1.807, 2.05) is 12.1 Å². The summed E-state index contributed by atoms with van der Waals surface area (Å²) in [5.41, 5.74) is 2.71. The van der Waals surface area contributed by atoms with Crippen molar-refractivity contribution in [3.8, 4) is 11.1 Å². The van der Waals surface area contributed by atoms with Gasteiger partial charge in [0.1, 0.15) is 5.82 Å². The van der Waals surface area contributed by atoms with E-state index in [4.69, 9.17) is 0 Å². The molecule has 1 aliphatic carbocycles. The van der Waals surface area contributed by atoms with E-state index in [9.17, 15) is 14.3 Å². The number of aromatic amines is 1. The molecule has 0 aliphatic heterocycles. The molecule has 0 unspecified atom stereocenters. The van der Waals surface area contributed by atoms with E-state index < -0.39 is 0 Å². The Morgan fingerprint density at radius 1 is 1.21 bits per heavy atom. The number of fused-ring (bicyclic) bond motifs is 1. The van der Waals surface area contributed by atoms with E-state index >= 15 is 0 Å². The van der Waals surface area contributed by atoms with Crippen molar-refractivity contribution in [3.63, 3.8) is 0 Å². The Balaban J connectivity index is 1.50. The summed E-state index contributed by atoms with van der Waals surface area (Å²) in [6, 6.07) is 7.16. The maximum Gasteiger partial charge on any atom is 0.220 e. The van der Waals surface area contributed by atoms with Crippen molar-refractivity contribution in [1.82, 2.24) is 20.5 Å². The summed E-state index contributed by atoms with van der Waals surface area (Å²) in [5.74, 6) is 0.256. The minimum Gasteiger partial charge on any atom is -0.393 e. The van der Waals surface area contributed by atoms with E-state index in [2.05, 4.69) is 46.6 Å². The van der Waals surface area contributed by atoms with Crippen molar-refractivity contribution in [2.45, 2.75) is 78.0 Å². The number of carbonyl (C=O) groups is 1. The first-order chi connectivity index (χ1) is 16.2. The summed E-state index contributed by atoms with van der Waals surface area (Å²) < 4.78 is 15.0. The molecule has 34 heavy (non-hydrogen) atoms. The molecule has 2 heterocycles. The van der Waals surface area contributed by atoms with Gasteiger partial charge in [-0.2, -0.15) is 5.10 Å². The van der Waals surface area contributed by atoms with Gasteiger partial charge in [-0.05, 0) is 60.8 Å². The van der Waals surface area contributed by atoms with E-state index in [1.165, 1.54) is 6.07 Å². The van der Waals surface area contributed by atoms with Crippen molar-refractivity contribution < 1.29 is 14.3 Å². The maximum absolute atomic E-state index is 15.0. The maximum atomic E-state index is 15.0. The number of aliphatic hydroxyl groups excluding tert-OH is 1. The SMILES string of the molecule is CC(C)(C)CCC(=O)NCc1ccc(-c2ccnc3[nH]nc(N[C@H]4CC[C@H](O)CC4)c23)cc1F. The lowest BCUT2D eigenvalue weighted by atomic mass is 9.90. The molecule has 0 radical (unpaired) electrons. The number of aliphatic hydroxyl groups is 1. The number of benzene rings is 1. The van der Waals surface area contributed by atoms with E-state index in [0.29, 0.717) is 23.4 Å². The fraction of sp³-hybridized carbons (Fsp3) is 0.500. The standard InChI is InChI=1S/C26H34FN5O2/c1-26(2,3)12-10-22(34)29-15-17-5-4-16(14-21(17)27)20-11-13-28-24-23(20)25(32-31-24)30-18-6-8-19(33)9-7-18/h4-5,11,13-14,18-19,33H,6-10,12,15H2,1-3H3,(H,29,34)(H2,28,30,31,32)/t18-,19-. The number of nitrogens with one attached hydrogen (secondary N) is 3. The predicted octanol–water partition coefficient (Wildman–Crippen LogP) is 4.92. The van der Waals surface area contributed by atoms with Crippen LogP contribution in [0, 0.1) is 11.2 Å². The zero-order valence-corrected chi connectivity index (χ0v) is 20.1. The smallest absolute Gasteiger partial charge is 0.220 e. The van der Waals surface area contributed by atoms with Gasteiger partial charge in [-0.3, -0.25) is 9.89 Å². The normalized spacial score (nSPS) is 18.7. The quantitative estimate of drug-likeness (QED) is 0.395. The number of halogens is 1. The van der Waals surface area contributed by atoms with Crippen molar-refractivity contribution in [3.05, 3.63) is 41.8 Å². The highest BCUT2D eigenvalue weighted by Gasteiger charge is 2.22. The molecule has 1 fully saturated rings. The summed E-state index contributed by atoms with van der Waals surface area (Å²) in [7, 11) is 0. The van der Waals surface area contributed by atoms with Gasteiger partial charge < -0.3 is 15.7 Å². The van der Waals surface area contributed by atoms with Crippen LogP contribution in [0.5, 0.6) is 0 Å². The van der Waals surface area contributed by atoms with Crippen LogP contribution in [-0.4, -0.2) is 38.3 Å². The second kappa shape index (κ2) is 10.1. The number of pyridine rings is 1. The Morgan fingerprint density at radius 2 is 1.97 bits per heavy atom. The summed E-state index contributed by atoms with van der Waals surface area (Å²) >= 11 is 0. The molecule has 4 rings (SSSR count). The van der Waals surface area contributed by atoms with E-state index in [1.54, 1.807) is 12.3 Å². The molecule has 0 saturated heterocycles. The van der Waals surface area contributed by atoms with Crippen LogP contribution in [0.1, 0.15) is 64.9 Å². The van der Waals surface area contributed by atoms with Crippen molar-refractivity contribution in [2.24, 2.45) is 5.41 Å². The Kier molecular flexibility index (Phi) is 7.16. The lowest BCUT2D eigenvalue weighted by Crippen LogP contribution is -2.28. The molecule has 182 valence electrons. The second-order valence-corrected chi connectivity index (χ2v) is 10.4. The number of anilines is 1. The van der Waals surface area contributed by atoms with Gasteiger partial charge in [0, 0.05) is 30.8 Å². The number of nitrogens with zero attached hydrogens (tertiary/aromatic N) is 2. The first kappa shape index (κ1) is 24.1. The minimum atomic E-state index is -0.363. The molecule has 0 atom stereocenters. The highest BCUT2D eigenvalue weighted by Crippen LogP contribution is 2.34. The van der Waals surface area contributed by atoms with Crippen molar-refractivity contribution in [2.75, 3.05) is 5.32 Å². The Morgan fingerprint density at radius 3 is 2.68 bits per heavy atom. The van der Waals surface area contributed by atoms with Crippen LogP contribution in [0.3, 0.4) is 0 Å². The molecule has 1 aliphatic rings. The third-order valence-electron chi connectivity index (χ3n) is 6.44. The highest BCUT2D eigenvalue weighted by molar-refractivity contribution is 6.00. The van der Waals surface area contributed by atoms with Crippen LogP contribution in [0.25, 0.3) is 22.2 Å². The fourth-order valence-corrected chi connectivity index (χ4v) is 4.34. The largest absolute Gasteiger partial charge is 0.393 e. The van der Waals surface area contributed by atoms with E-state index in [-0.39, 0.29) is 35.8 Å². The molecule has 8 heteroatoms. The van der Waals surface area contributed by atoms with Gasteiger partial charge in [0.2, 0.25) is 5.91 Å². The molecule has 0 bridgehead atoms. The molecule has 0 spiro atoms. The number of H-pyrrole nitrogens is 1.